The molecule has 0 spiro atoms. The molecule has 2 heterocycles. The minimum Gasteiger partial charge on any atom is -0.393 e. The molecule has 116 valence electrons. The summed E-state index contributed by atoms with van der Waals surface area (Å²) in [7, 11) is 0. The van der Waals surface area contributed by atoms with Crippen molar-refractivity contribution in [2.24, 2.45) is 5.92 Å². The van der Waals surface area contributed by atoms with Crippen molar-refractivity contribution in [3.05, 3.63) is 5.28 Å². The Morgan fingerprint density at radius 2 is 1.86 bits per heavy atom. The van der Waals surface area contributed by atoms with Crippen LogP contribution in [0.1, 0.15) is 38.5 Å². The largest absolute Gasteiger partial charge is 0.393 e. The van der Waals surface area contributed by atoms with Gasteiger partial charge in [-0.05, 0) is 37.3 Å². The molecule has 0 aromatic carbocycles. The van der Waals surface area contributed by atoms with Gasteiger partial charge in [0.2, 0.25) is 17.2 Å². The van der Waals surface area contributed by atoms with Gasteiger partial charge in [-0.1, -0.05) is 12.8 Å². The number of aromatic nitrogens is 3. The SMILES string of the molecule is OC1CCCCC1CNc1nc(Cl)nc(N2CCCC2)n1. The minimum atomic E-state index is -0.221. The van der Waals surface area contributed by atoms with Crippen LogP contribution in [0, 0.1) is 5.92 Å². The summed E-state index contributed by atoms with van der Waals surface area (Å²) in [6, 6.07) is 0. The lowest BCUT2D eigenvalue weighted by Gasteiger charge is -2.27. The number of anilines is 2. The molecule has 0 amide bonds. The van der Waals surface area contributed by atoms with Gasteiger partial charge in [0.05, 0.1) is 6.10 Å². The number of aliphatic hydroxyl groups is 1. The third-order valence-corrected chi connectivity index (χ3v) is 4.55. The molecule has 2 N–H and O–H groups in total. The topological polar surface area (TPSA) is 74.2 Å². The van der Waals surface area contributed by atoms with E-state index < -0.39 is 0 Å². The highest BCUT2D eigenvalue weighted by Crippen LogP contribution is 2.25. The van der Waals surface area contributed by atoms with Crippen LogP contribution in [0.4, 0.5) is 11.9 Å². The van der Waals surface area contributed by atoms with Crippen molar-refractivity contribution in [1.29, 1.82) is 0 Å². The molecule has 1 aromatic rings. The summed E-state index contributed by atoms with van der Waals surface area (Å²) in [6.45, 7) is 2.63. The van der Waals surface area contributed by atoms with Gasteiger partial charge in [-0.25, -0.2) is 0 Å². The molecule has 2 atom stereocenters. The van der Waals surface area contributed by atoms with Gasteiger partial charge in [0.25, 0.3) is 0 Å². The standard InChI is InChI=1S/C14H22ClN5O/c15-12-17-13(16-9-10-5-1-2-6-11(10)21)19-14(18-12)20-7-3-4-8-20/h10-11,21H,1-9H2,(H,16,17,18,19). The van der Waals surface area contributed by atoms with Crippen LogP contribution in [-0.4, -0.2) is 45.8 Å². The second-order valence-corrected chi connectivity index (χ2v) is 6.25. The Bertz CT molecular complexity index is 480. The van der Waals surface area contributed by atoms with Crippen molar-refractivity contribution in [2.45, 2.75) is 44.6 Å². The van der Waals surface area contributed by atoms with Crippen LogP contribution >= 0.6 is 11.6 Å². The molecule has 2 aliphatic rings. The Morgan fingerprint density at radius 3 is 2.62 bits per heavy atom. The molecule has 6 nitrogen and oxygen atoms in total. The monoisotopic (exact) mass is 311 g/mol. The molecule has 1 aliphatic heterocycles. The van der Waals surface area contributed by atoms with E-state index in [0.717, 1.165) is 32.4 Å². The fourth-order valence-electron chi connectivity index (χ4n) is 3.13. The quantitative estimate of drug-likeness (QED) is 0.887. The average molecular weight is 312 g/mol. The summed E-state index contributed by atoms with van der Waals surface area (Å²) in [4.78, 5) is 14.9. The van der Waals surface area contributed by atoms with Crippen LogP contribution in [0.5, 0.6) is 0 Å². The zero-order chi connectivity index (χ0) is 14.7. The summed E-state index contributed by atoms with van der Waals surface area (Å²) in [5.41, 5.74) is 0. The van der Waals surface area contributed by atoms with Crippen molar-refractivity contribution in [3.8, 4) is 0 Å². The van der Waals surface area contributed by atoms with E-state index in [0.29, 0.717) is 18.4 Å². The first kappa shape index (κ1) is 14.8. The highest BCUT2D eigenvalue weighted by Gasteiger charge is 2.23. The van der Waals surface area contributed by atoms with Gasteiger partial charge >= 0.3 is 0 Å². The molecule has 1 aliphatic carbocycles. The van der Waals surface area contributed by atoms with Crippen molar-refractivity contribution < 1.29 is 5.11 Å². The molecule has 3 rings (SSSR count). The number of nitrogens with zero attached hydrogens (tertiary/aromatic N) is 4. The van der Waals surface area contributed by atoms with E-state index in [-0.39, 0.29) is 17.3 Å². The highest BCUT2D eigenvalue weighted by molar-refractivity contribution is 6.28. The Balaban J connectivity index is 1.64. The van der Waals surface area contributed by atoms with E-state index in [4.69, 9.17) is 11.6 Å². The second kappa shape index (κ2) is 6.75. The Hall–Kier alpha value is -1.14. The lowest BCUT2D eigenvalue weighted by atomic mass is 9.86. The van der Waals surface area contributed by atoms with Crippen LogP contribution in [0.15, 0.2) is 0 Å². The van der Waals surface area contributed by atoms with E-state index in [2.05, 4.69) is 25.2 Å². The van der Waals surface area contributed by atoms with E-state index in [1.165, 1.54) is 19.3 Å². The molecule has 2 fully saturated rings. The smallest absolute Gasteiger partial charge is 0.231 e. The van der Waals surface area contributed by atoms with Crippen molar-refractivity contribution in [3.63, 3.8) is 0 Å². The van der Waals surface area contributed by atoms with E-state index in [1.54, 1.807) is 0 Å². The second-order valence-electron chi connectivity index (χ2n) is 5.91. The summed E-state index contributed by atoms with van der Waals surface area (Å²) < 4.78 is 0. The van der Waals surface area contributed by atoms with Crippen molar-refractivity contribution >= 4 is 23.5 Å². The number of rotatable bonds is 4. The number of hydrogen-bond acceptors (Lipinski definition) is 6. The van der Waals surface area contributed by atoms with Crippen molar-refractivity contribution in [2.75, 3.05) is 29.9 Å². The lowest BCUT2D eigenvalue weighted by Crippen LogP contribution is -2.31. The third kappa shape index (κ3) is 3.74. The molecular formula is C14H22ClN5O. The maximum absolute atomic E-state index is 10.0. The molecule has 1 saturated carbocycles. The first-order valence-electron chi connectivity index (χ1n) is 7.81. The molecule has 7 heteroatoms. The number of hydrogen-bond donors (Lipinski definition) is 2. The van der Waals surface area contributed by atoms with E-state index >= 15 is 0 Å². The van der Waals surface area contributed by atoms with Gasteiger partial charge in [-0.15, -0.1) is 0 Å². The Kier molecular flexibility index (Phi) is 4.75. The summed E-state index contributed by atoms with van der Waals surface area (Å²) in [6.07, 6.45) is 6.35. The average Bonchev–Trinajstić information content (AvgIpc) is 3.00. The van der Waals surface area contributed by atoms with Gasteiger partial charge < -0.3 is 15.3 Å². The number of nitrogens with one attached hydrogen (secondary N) is 1. The van der Waals surface area contributed by atoms with Crippen LogP contribution < -0.4 is 10.2 Å². The third-order valence-electron chi connectivity index (χ3n) is 4.38. The van der Waals surface area contributed by atoms with Gasteiger partial charge in [0.15, 0.2) is 0 Å². The van der Waals surface area contributed by atoms with Crippen LogP contribution in [-0.2, 0) is 0 Å². The molecule has 1 saturated heterocycles. The predicted molar refractivity (Wildman–Crippen MR) is 82.7 cm³/mol. The van der Waals surface area contributed by atoms with Crippen LogP contribution in [0.25, 0.3) is 0 Å². The normalized spacial score (nSPS) is 26.1. The first-order chi connectivity index (χ1) is 10.2. The minimum absolute atomic E-state index is 0.221. The van der Waals surface area contributed by atoms with Gasteiger partial charge in [0.1, 0.15) is 0 Å². The summed E-state index contributed by atoms with van der Waals surface area (Å²) in [5, 5.41) is 13.4. The lowest BCUT2D eigenvalue weighted by molar-refractivity contribution is 0.0762. The van der Waals surface area contributed by atoms with Crippen LogP contribution in [0.2, 0.25) is 5.28 Å². The molecule has 0 radical (unpaired) electrons. The molecule has 1 aromatic heterocycles. The number of halogens is 1. The van der Waals surface area contributed by atoms with Gasteiger partial charge in [-0.3, -0.25) is 0 Å². The summed E-state index contributed by atoms with van der Waals surface area (Å²) in [5.74, 6) is 1.43. The maximum atomic E-state index is 10.0. The number of aliphatic hydroxyl groups excluding tert-OH is 1. The van der Waals surface area contributed by atoms with E-state index in [9.17, 15) is 5.11 Å². The molecule has 21 heavy (non-hydrogen) atoms. The van der Waals surface area contributed by atoms with Gasteiger partial charge in [-0.2, -0.15) is 15.0 Å². The molecule has 0 bridgehead atoms. The fraction of sp³-hybridized carbons (Fsp3) is 0.786. The summed E-state index contributed by atoms with van der Waals surface area (Å²) >= 11 is 6.00. The van der Waals surface area contributed by atoms with Crippen molar-refractivity contribution in [1.82, 2.24) is 15.0 Å². The maximum Gasteiger partial charge on any atom is 0.231 e. The highest BCUT2D eigenvalue weighted by atomic mass is 35.5. The predicted octanol–water partition coefficient (Wildman–Crippen LogP) is 2.09. The zero-order valence-electron chi connectivity index (χ0n) is 12.1. The first-order valence-corrected chi connectivity index (χ1v) is 8.18. The zero-order valence-corrected chi connectivity index (χ0v) is 12.9. The molecular weight excluding hydrogens is 290 g/mol. The fourth-order valence-corrected chi connectivity index (χ4v) is 3.28. The Morgan fingerprint density at radius 1 is 1.10 bits per heavy atom. The molecule has 2 unspecified atom stereocenters. The van der Waals surface area contributed by atoms with Crippen LogP contribution in [0.3, 0.4) is 0 Å². The Labute approximate surface area is 130 Å². The van der Waals surface area contributed by atoms with Gasteiger partial charge in [0, 0.05) is 25.6 Å². The van der Waals surface area contributed by atoms with E-state index in [1.807, 2.05) is 0 Å².